The van der Waals surface area contributed by atoms with Crippen molar-refractivity contribution < 1.29 is 0 Å². The lowest BCUT2D eigenvalue weighted by Gasteiger charge is -2.22. The van der Waals surface area contributed by atoms with Crippen LogP contribution in [0.25, 0.3) is 11.0 Å². The Labute approximate surface area is 106 Å². The normalized spacial score (nSPS) is 15.0. The lowest BCUT2D eigenvalue weighted by atomic mass is 10.3. The van der Waals surface area contributed by atoms with E-state index >= 15 is 0 Å². The molecule has 0 aromatic carbocycles. The predicted octanol–water partition coefficient (Wildman–Crippen LogP) is 1.77. The Bertz CT molecular complexity index is 544. The molecule has 2 aromatic rings. The average Bonchev–Trinajstić information content (AvgIpc) is 3.08. The monoisotopic (exact) mass is 246 g/mol. The second kappa shape index (κ2) is 4.44. The molecule has 0 radical (unpaired) electrons. The Morgan fingerprint density at radius 1 is 1.39 bits per heavy atom. The second-order valence-electron chi connectivity index (χ2n) is 4.55. The number of fused-ring (bicyclic) bond motifs is 1. The molecule has 1 fully saturated rings. The standard InChI is InChI=1S/C12H18N6/c1-3-13-12-15-10-9(7-14-17-10)11(16-12)18(4-2)8-5-6-8/h7-8H,3-6H2,1-2H3,(H2,13,14,15,16,17). The van der Waals surface area contributed by atoms with Gasteiger partial charge in [-0.25, -0.2) is 0 Å². The van der Waals surface area contributed by atoms with Crippen LogP contribution >= 0.6 is 0 Å². The number of H-pyrrole nitrogens is 1. The van der Waals surface area contributed by atoms with Gasteiger partial charge in [-0.1, -0.05) is 0 Å². The van der Waals surface area contributed by atoms with Gasteiger partial charge in [-0.2, -0.15) is 15.1 Å². The van der Waals surface area contributed by atoms with Crippen molar-refractivity contribution in [2.45, 2.75) is 32.7 Å². The molecule has 0 amide bonds. The maximum atomic E-state index is 4.64. The lowest BCUT2D eigenvalue weighted by Crippen LogP contribution is -2.26. The first-order chi connectivity index (χ1) is 8.83. The Morgan fingerprint density at radius 3 is 2.89 bits per heavy atom. The van der Waals surface area contributed by atoms with Gasteiger partial charge in [-0.05, 0) is 26.7 Å². The first-order valence-electron chi connectivity index (χ1n) is 6.55. The molecule has 1 aliphatic rings. The van der Waals surface area contributed by atoms with Crippen molar-refractivity contribution in [2.24, 2.45) is 0 Å². The number of rotatable bonds is 5. The zero-order chi connectivity index (χ0) is 12.5. The van der Waals surface area contributed by atoms with E-state index in [0.717, 1.165) is 29.9 Å². The molecule has 2 heterocycles. The summed E-state index contributed by atoms with van der Waals surface area (Å²) in [5.74, 6) is 1.66. The molecule has 18 heavy (non-hydrogen) atoms. The van der Waals surface area contributed by atoms with Gasteiger partial charge in [0.2, 0.25) is 5.95 Å². The first-order valence-corrected chi connectivity index (χ1v) is 6.55. The summed E-state index contributed by atoms with van der Waals surface area (Å²) in [5.41, 5.74) is 0.801. The van der Waals surface area contributed by atoms with Crippen LogP contribution in [0.5, 0.6) is 0 Å². The Morgan fingerprint density at radius 2 is 2.22 bits per heavy atom. The van der Waals surface area contributed by atoms with Crippen LogP contribution in [0.1, 0.15) is 26.7 Å². The molecule has 0 saturated heterocycles. The van der Waals surface area contributed by atoms with E-state index < -0.39 is 0 Å². The Hall–Kier alpha value is -1.85. The molecule has 0 bridgehead atoms. The zero-order valence-electron chi connectivity index (χ0n) is 10.8. The van der Waals surface area contributed by atoms with Gasteiger partial charge in [0.1, 0.15) is 5.82 Å². The average molecular weight is 246 g/mol. The first kappa shape index (κ1) is 11.3. The maximum Gasteiger partial charge on any atom is 0.226 e. The molecule has 3 rings (SSSR count). The molecule has 0 atom stereocenters. The van der Waals surface area contributed by atoms with E-state index in [9.17, 15) is 0 Å². The molecule has 1 aliphatic carbocycles. The van der Waals surface area contributed by atoms with Crippen molar-refractivity contribution in [3.05, 3.63) is 6.20 Å². The van der Waals surface area contributed by atoms with Crippen LogP contribution in [0.15, 0.2) is 6.20 Å². The van der Waals surface area contributed by atoms with Gasteiger partial charge < -0.3 is 10.2 Å². The van der Waals surface area contributed by atoms with Gasteiger partial charge in [0.15, 0.2) is 5.65 Å². The fourth-order valence-electron chi connectivity index (χ4n) is 2.24. The van der Waals surface area contributed by atoms with E-state index in [4.69, 9.17) is 0 Å². The van der Waals surface area contributed by atoms with E-state index in [1.54, 1.807) is 0 Å². The van der Waals surface area contributed by atoms with Gasteiger partial charge in [0.05, 0.1) is 11.6 Å². The fraction of sp³-hybridized carbons (Fsp3) is 0.583. The number of nitrogens with one attached hydrogen (secondary N) is 2. The quantitative estimate of drug-likeness (QED) is 0.841. The van der Waals surface area contributed by atoms with Crippen LogP contribution in [0.2, 0.25) is 0 Å². The number of anilines is 2. The highest BCUT2D eigenvalue weighted by atomic mass is 15.3. The summed E-state index contributed by atoms with van der Waals surface area (Å²) in [6.07, 6.45) is 4.33. The minimum atomic E-state index is 0.637. The van der Waals surface area contributed by atoms with Crippen molar-refractivity contribution in [2.75, 3.05) is 23.3 Å². The molecule has 6 heteroatoms. The summed E-state index contributed by atoms with van der Waals surface area (Å²) in [7, 11) is 0. The van der Waals surface area contributed by atoms with Crippen LogP contribution in [0.4, 0.5) is 11.8 Å². The minimum absolute atomic E-state index is 0.637. The van der Waals surface area contributed by atoms with Crippen molar-refractivity contribution in [3.8, 4) is 0 Å². The van der Waals surface area contributed by atoms with Gasteiger partial charge in [0.25, 0.3) is 0 Å². The number of hydrogen-bond acceptors (Lipinski definition) is 5. The summed E-state index contributed by atoms with van der Waals surface area (Å²) in [4.78, 5) is 11.4. The maximum absolute atomic E-state index is 4.64. The number of aromatic nitrogens is 4. The second-order valence-corrected chi connectivity index (χ2v) is 4.55. The van der Waals surface area contributed by atoms with Crippen molar-refractivity contribution >= 4 is 22.8 Å². The summed E-state index contributed by atoms with van der Waals surface area (Å²) in [5, 5.41) is 11.2. The summed E-state index contributed by atoms with van der Waals surface area (Å²) in [6.45, 7) is 5.99. The van der Waals surface area contributed by atoms with E-state index in [2.05, 4.69) is 37.3 Å². The molecule has 0 spiro atoms. The third-order valence-electron chi connectivity index (χ3n) is 3.22. The topological polar surface area (TPSA) is 69.7 Å². The molecular formula is C12H18N6. The van der Waals surface area contributed by atoms with E-state index in [0.29, 0.717) is 12.0 Å². The van der Waals surface area contributed by atoms with Gasteiger partial charge in [0, 0.05) is 19.1 Å². The molecular weight excluding hydrogens is 228 g/mol. The smallest absolute Gasteiger partial charge is 0.226 e. The minimum Gasteiger partial charge on any atom is -0.354 e. The van der Waals surface area contributed by atoms with E-state index in [1.807, 2.05) is 13.1 Å². The molecule has 2 N–H and O–H groups in total. The third kappa shape index (κ3) is 1.87. The highest BCUT2D eigenvalue weighted by Gasteiger charge is 2.30. The van der Waals surface area contributed by atoms with Crippen LogP contribution in [-0.4, -0.2) is 39.3 Å². The van der Waals surface area contributed by atoms with E-state index in [-0.39, 0.29) is 0 Å². The Kier molecular flexibility index (Phi) is 2.77. The number of hydrogen-bond donors (Lipinski definition) is 2. The third-order valence-corrected chi connectivity index (χ3v) is 3.22. The van der Waals surface area contributed by atoms with Crippen LogP contribution in [0.3, 0.4) is 0 Å². The van der Waals surface area contributed by atoms with E-state index in [1.165, 1.54) is 12.8 Å². The van der Waals surface area contributed by atoms with Crippen molar-refractivity contribution in [1.82, 2.24) is 20.2 Å². The van der Waals surface area contributed by atoms with Crippen molar-refractivity contribution in [3.63, 3.8) is 0 Å². The van der Waals surface area contributed by atoms with Crippen LogP contribution < -0.4 is 10.2 Å². The molecule has 0 aliphatic heterocycles. The SMILES string of the molecule is CCNc1nc(N(CC)C2CC2)c2cn[nH]c2n1. The molecule has 0 unspecified atom stereocenters. The highest BCUT2D eigenvalue weighted by molar-refractivity contribution is 5.87. The number of nitrogens with zero attached hydrogens (tertiary/aromatic N) is 4. The predicted molar refractivity (Wildman–Crippen MR) is 71.9 cm³/mol. The summed E-state index contributed by atoms with van der Waals surface area (Å²) in [6, 6.07) is 0.637. The molecule has 2 aromatic heterocycles. The molecule has 6 nitrogen and oxygen atoms in total. The van der Waals surface area contributed by atoms with Crippen molar-refractivity contribution in [1.29, 1.82) is 0 Å². The highest BCUT2D eigenvalue weighted by Crippen LogP contribution is 2.33. The largest absolute Gasteiger partial charge is 0.354 e. The molecule has 96 valence electrons. The van der Waals surface area contributed by atoms with Gasteiger partial charge in [-0.3, -0.25) is 5.10 Å². The lowest BCUT2D eigenvalue weighted by molar-refractivity contribution is 0.811. The van der Waals surface area contributed by atoms with Gasteiger partial charge >= 0.3 is 0 Å². The summed E-state index contributed by atoms with van der Waals surface area (Å²) < 4.78 is 0. The number of aromatic amines is 1. The fourth-order valence-corrected chi connectivity index (χ4v) is 2.24. The van der Waals surface area contributed by atoms with Crippen LogP contribution in [0, 0.1) is 0 Å². The van der Waals surface area contributed by atoms with Gasteiger partial charge in [-0.15, -0.1) is 0 Å². The zero-order valence-corrected chi connectivity index (χ0v) is 10.8. The summed E-state index contributed by atoms with van der Waals surface area (Å²) >= 11 is 0. The Balaban J connectivity index is 2.08. The molecule has 1 saturated carbocycles. The van der Waals surface area contributed by atoms with Crippen LogP contribution in [-0.2, 0) is 0 Å².